The highest BCUT2D eigenvalue weighted by atomic mass is 32.2. The molecule has 0 saturated carbocycles. The molecule has 2 aliphatic rings. The van der Waals surface area contributed by atoms with E-state index in [9.17, 15) is 8.42 Å². The van der Waals surface area contributed by atoms with E-state index in [4.69, 9.17) is 10.9 Å². The Balaban J connectivity index is 2.20. The number of hydrogen-bond acceptors (Lipinski definition) is 4. The molecule has 7 nitrogen and oxygen atoms in total. The van der Waals surface area contributed by atoms with E-state index < -0.39 is 16.3 Å². The Labute approximate surface area is 120 Å². The summed E-state index contributed by atoms with van der Waals surface area (Å²) >= 11 is 0. The number of oxime groups is 1. The summed E-state index contributed by atoms with van der Waals surface area (Å²) in [4.78, 5) is 0. The molecule has 2 heterocycles. The van der Waals surface area contributed by atoms with Crippen LogP contribution >= 0.6 is 0 Å². The van der Waals surface area contributed by atoms with E-state index in [2.05, 4.69) is 5.16 Å². The van der Waals surface area contributed by atoms with Crippen LogP contribution in [0, 0.1) is 0 Å². The summed E-state index contributed by atoms with van der Waals surface area (Å²) in [6, 6.07) is -0.512. The van der Waals surface area contributed by atoms with E-state index in [0.717, 1.165) is 38.5 Å². The highest BCUT2D eigenvalue weighted by Crippen LogP contribution is 2.24. The van der Waals surface area contributed by atoms with Crippen LogP contribution in [0.25, 0.3) is 0 Å². The van der Waals surface area contributed by atoms with Gasteiger partial charge in [-0.15, -0.1) is 0 Å². The van der Waals surface area contributed by atoms with Crippen LogP contribution in [-0.2, 0) is 10.2 Å². The van der Waals surface area contributed by atoms with Crippen molar-refractivity contribution in [3.8, 4) is 0 Å². The van der Waals surface area contributed by atoms with E-state index in [1.165, 1.54) is 4.31 Å². The summed E-state index contributed by atoms with van der Waals surface area (Å²) in [6.45, 7) is 1.59. The van der Waals surface area contributed by atoms with Gasteiger partial charge in [0.1, 0.15) is 0 Å². The summed E-state index contributed by atoms with van der Waals surface area (Å²) < 4.78 is 28.5. The standard InChI is InChI=1S/C12H24N4O3S/c13-12(14-17)11-7-3-6-10-16(11)20(18,19)15-8-4-1-2-5-9-15/h11,17H,1-10H2,(H2,13,14). The number of amidine groups is 1. The molecule has 1 atom stereocenters. The quantitative estimate of drug-likeness (QED) is 0.347. The average Bonchev–Trinajstić information content (AvgIpc) is 2.76. The molecule has 116 valence electrons. The van der Waals surface area contributed by atoms with Crippen LogP contribution in [0.2, 0.25) is 0 Å². The fraction of sp³-hybridized carbons (Fsp3) is 0.917. The fourth-order valence-electron chi connectivity index (χ4n) is 2.96. The minimum absolute atomic E-state index is 0.0110. The number of rotatable bonds is 3. The third-order valence-corrected chi connectivity index (χ3v) is 6.15. The second-order valence-electron chi connectivity index (χ2n) is 5.47. The molecule has 0 aromatic heterocycles. The number of piperidine rings is 1. The summed E-state index contributed by atoms with van der Waals surface area (Å²) in [7, 11) is -3.52. The van der Waals surface area contributed by atoms with Crippen molar-refractivity contribution in [3.63, 3.8) is 0 Å². The Kier molecular flexibility index (Phi) is 5.22. The van der Waals surface area contributed by atoms with Crippen LogP contribution in [0.4, 0.5) is 0 Å². The summed E-state index contributed by atoms with van der Waals surface area (Å²) in [5.41, 5.74) is 5.67. The second kappa shape index (κ2) is 6.73. The smallest absolute Gasteiger partial charge is 0.282 e. The van der Waals surface area contributed by atoms with Gasteiger partial charge in [-0.3, -0.25) is 0 Å². The normalized spacial score (nSPS) is 28.2. The lowest BCUT2D eigenvalue weighted by Crippen LogP contribution is -2.55. The molecule has 0 spiro atoms. The molecule has 0 aromatic rings. The Morgan fingerprint density at radius 1 is 1.05 bits per heavy atom. The summed E-state index contributed by atoms with van der Waals surface area (Å²) in [5.74, 6) is -0.0110. The molecule has 3 N–H and O–H groups in total. The van der Waals surface area contributed by atoms with Gasteiger partial charge in [0, 0.05) is 19.6 Å². The molecule has 2 fully saturated rings. The Morgan fingerprint density at radius 3 is 2.25 bits per heavy atom. The third kappa shape index (κ3) is 3.24. The van der Waals surface area contributed by atoms with Gasteiger partial charge in [0.2, 0.25) is 0 Å². The van der Waals surface area contributed by atoms with Gasteiger partial charge in [0.05, 0.1) is 6.04 Å². The van der Waals surface area contributed by atoms with Crippen molar-refractivity contribution < 1.29 is 13.6 Å². The Morgan fingerprint density at radius 2 is 1.65 bits per heavy atom. The van der Waals surface area contributed by atoms with Gasteiger partial charge in [-0.25, -0.2) is 0 Å². The van der Waals surface area contributed by atoms with Crippen molar-refractivity contribution in [2.75, 3.05) is 19.6 Å². The van der Waals surface area contributed by atoms with Crippen molar-refractivity contribution in [3.05, 3.63) is 0 Å². The Bertz CT molecular complexity index is 444. The largest absolute Gasteiger partial charge is 0.409 e. The molecule has 0 amide bonds. The molecule has 1 unspecified atom stereocenters. The number of nitrogens with two attached hydrogens (primary N) is 1. The third-order valence-electron chi connectivity index (χ3n) is 4.10. The van der Waals surface area contributed by atoms with Crippen molar-refractivity contribution in [1.29, 1.82) is 0 Å². The van der Waals surface area contributed by atoms with Crippen LogP contribution in [0.15, 0.2) is 5.16 Å². The first kappa shape index (κ1) is 15.5. The summed E-state index contributed by atoms with van der Waals surface area (Å²) in [6.07, 6.45) is 6.30. The van der Waals surface area contributed by atoms with Gasteiger partial charge in [-0.05, 0) is 25.7 Å². The van der Waals surface area contributed by atoms with Gasteiger partial charge < -0.3 is 10.9 Å². The van der Waals surface area contributed by atoms with Crippen LogP contribution in [0.3, 0.4) is 0 Å². The molecule has 0 aliphatic carbocycles. The van der Waals surface area contributed by atoms with Gasteiger partial charge in [0.25, 0.3) is 10.2 Å². The fourth-order valence-corrected chi connectivity index (χ4v) is 4.88. The highest BCUT2D eigenvalue weighted by Gasteiger charge is 2.38. The number of hydrogen-bond donors (Lipinski definition) is 2. The lowest BCUT2D eigenvalue weighted by Gasteiger charge is -2.37. The first-order chi connectivity index (χ1) is 9.57. The van der Waals surface area contributed by atoms with Gasteiger partial charge in [-0.2, -0.15) is 17.0 Å². The zero-order chi connectivity index (χ0) is 14.6. The molecule has 2 aliphatic heterocycles. The molecule has 2 rings (SSSR count). The van der Waals surface area contributed by atoms with Gasteiger partial charge in [-0.1, -0.05) is 24.4 Å². The van der Waals surface area contributed by atoms with E-state index in [1.807, 2.05) is 0 Å². The lowest BCUT2D eigenvalue weighted by molar-refractivity contribution is 0.262. The average molecular weight is 304 g/mol. The van der Waals surface area contributed by atoms with Crippen LogP contribution < -0.4 is 5.73 Å². The minimum atomic E-state index is -3.52. The maximum absolute atomic E-state index is 12.8. The topological polar surface area (TPSA) is 99.2 Å². The predicted molar refractivity (Wildman–Crippen MR) is 76.7 cm³/mol. The maximum atomic E-state index is 12.8. The minimum Gasteiger partial charge on any atom is -0.409 e. The maximum Gasteiger partial charge on any atom is 0.282 e. The van der Waals surface area contributed by atoms with Gasteiger partial charge in [0.15, 0.2) is 5.84 Å². The molecule has 0 radical (unpaired) electrons. The molecule has 2 saturated heterocycles. The predicted octanol–water partition coefficient (Wildman–Crippen LogP) is 0.708. The van der Waals surface area contributed by atoms with Crippen LogP contribution in [0.1, 0.15) is 44.9 Å². The van der Waals surface area contributed by atoms with E-state index in [1.54, 1.807) is 4.31 Å². The zero-order valence-electron chi connectivity index (χ0n) is 11.7. The summed E-state index contributed by atoms with van der Waals surface area (Å²) in [5, 5.41) is 11.9. The van der Waals surface area contributed by atoms with E-state index in [0.29, 0.717) is 26.1 Å². The Hall–Kier alpha value is -0.860. The second-order valence-corrected chi connectivity index (χ2v) is 7.35. The molecular weight excluding hydrogens is 280 g/mol. The van der Waals surface area contributed by atoms with Crippen molar-refractivity contribution in [2.45, 2.75) is 51.0 Å². The van der Waals surface area contributed by atoms with Crippen molar-refractivity contribution in [1.82, 2.24) is 8.61 Å². The molecule has 20 heavy (non-hydrogen) atoms. The molecular formula is C12H24N4O3S. The SMILES string of the molecule is NC(=NO)C1CCCCN1S(=O)(=O)N1CCCCCC1. The first-order valence-electron chi connectivity index (χ1n) is 7.31. The molecule has 0 aromatic carbocycles. The van der Waals surface area contributed by atoms with Crippen molar-refractivity contribution in [2.24, 2.45) is 10.9 Å². The van der Waals surface area contributed by atoms with Gasteiger partial charge >= 0.3 is 0 Å². The zero-order valence-corrected chi connectivity index (χ0v) is 12.6. The number of nitrogens with zero attached hydrogens (tertiary/aromatic N) is 3. The van der Waals surface area contributed by atoms with Crippen LogP contribution in [0.5, 0.6) is 0 Å². The highest BCUT2D eigenvalue weighted by molar-refractivity contribution is 7.86. The van der Waals surface area contributed by atoms with Crippen LogP contribution in [-0.4, -0.2) is 53.7 Å². The first-order valence-corrected chi connectivity index (χ1v) is 8.71. The van der Waals surface area contributed by atoms with Crippen molar-refractivity contribution >= 4 is 16.0 Å². The van der Waals surface area contributed by atoms with E-state index >= 15 is 0 Å². The van der Waals surface area contributed by atoms with E-state index in [-0.39, 0.29) is 5.84 Å². The monoisotopic (exact) mass is 304 g/mol. The molecule has 0 bridgehead atoms. The lowest BCUT2D eigenvalue weighted by atomic mass is 10.0. The molecule has 8 heteroatoms.